The van der Waals surface area contributed by atoms with Crippen LogP contribution in [0.25, 0.3) is 0 Å². The van der Waals surface area contributed by atoms with Gasteiger partial charge in [0.25, 0.3) is 0 Å². The van der Waals surface area contributed by atoms with Crippen molar-refractivity contribution in [3.8, 4) is 0 Å². The molecule has 0 radical (unpaired) electrons. The summed E-state index contributed by atoms with van der Waals surface area (Å²) in [4.78, 5) is 16.5. The molecular formula is C23H37N3O. The van der Waals surface area contributed by atoms with Crippen molar-refractivity contribution in [1.29, 1.82) is 0 Å². The van der Waals surface area contributed by atoms with E-state index in [2.05, 4.69) is 55.3 Å². The lowest BCUT2D eigenvalue weighted by atomic mass is 9.63. The van der Waals surface area contributed by atoms with Gasteiger partial charge in [-0.25, -0.2) is 4.79 Å². The minimum absolute atomic E-state index is 0.00255. The Bertz CT molecular complexity index is 654. The van der Waals surface area contributed by atoms with Crippen molar-refractivity contribution in [3.63, 3.8) is 0 Å². The number of hydrogen-bond acceptors (Lipinski definition) is 2. The molecule has 0 aromatic heterocycles. The molecule has 4 nitrogen and oxygen atoms in total. The van der Waals surface area contributed by atoms with Crippen LogP contribution < -0.4 is 5.32 Å². The smallest absolute Gasteiger partial charge is 0.317 e. The summed E-state index contributed by atoms with van der Waals surface area (Å²) in [5.41, 5.74) is 3.52. The van der Waals surface area contributed by atoms with E-state index in [1.54, 1.807) is 19.0 Å². The number of benzene rings is 1. The van der Waals surface area contributed by atoms with Crippen molar-refractivity contribution in [2.24, 2.45) is 5.41 Å². The van der Waals surface area contributed by atoms with Crippen LogP contribution in [0.15, 0.2) is 24.3 Å². The Kier molecular flexibility index (Phi) is 5.85. The molecule has 150 valence electrons. The first-order chi connectivity index (χ1) is 12.7. The Balaban J connectivity index is 1.71. The maximum absolute atomic E-state index is 12.2. The van der Waals surface area contributed by atoms with Crippen LogP contribution in [0.4, 0.5) is 4.79 Å². The number of hydrogen-bond donors (Lipinski definition) is 1. The van der Waals surface area contributed by atoms with E-state index in [-0.39, 0.29) is 12.1 Å². The minimum atomic E-state index is 0.00255. The molecule has 0 bridgehead atoms. The highest BCUT2D eigenvalue weighted by Gasteiger charge is 2.42. The van der Waals surface area contributed by atoms with E-state index in [9.17, 15) is 4.79 Å². The predicted octanol–water partition coefficient (Wildman–Crippen LogP) is 4.56. The van der Waals surface area contributed by atoms with E-state index in [0.717, 1.165) is 6.42 Å². The molecule has 1 atom stereocenters. The van der Waals surface area contributed by atoms with Gasteiger partial charge in [-0.1, -0.05) is 45.0 Å². The van der Waals surface area contributed by atoms with E-state index in [0.29, 0.717) is 10.8 Å². The van der Waals surface area contributed by atoms with Crippen LogP contribution in [0.5, 0.6) is 0 Å². The van der Waals surface area contributed by atoms with Crippen molar-refractivity contribution < 1.29 is 4.79 Å². The molecule has 1 spiro atoms. The maximum Gasteiger partial charge on any atom is 0.317 e. The molecule has 1 fully saturated rings. The topological polar surface area (TPSA) is 35.6 Å². The highest BCUT2D eigenvalue weighted by Crippen LogP contribution is 2.48. The number of carbonyl (C=O) groups is 1. The minimum Gasteiger partial charge on any atom is -0.331 e. The van der Waals surface area contributed by atoms with Gasteiger partial charge in [0.1, 0.15) is 0 Å². The zero-order chi connectivity index (χ0) is 19.7. The van der Waals surface area contributed by atoms with Gasteiger partial charge in [-0.15, -0.1) is 0 Å². The van der Waals surface area contributed by atoms with Crippen molar-refractivity contribution in [1.82, 2.24) is 15.1 Å². The van der Waals surface area contributed by atoms with E-state index in [4.69, 9.17) is 0 Å². The summed E-state index contributed by atoms with van der Waals surface area (Å²) in [6.07, 6.45) is 5.95. The fourth-order valence-electron chi connectivity index (χ4n) is 4.64. The third-order valence-corrected chi connectivity index (χ3v) is 6.51. The first-order valence-corrected chi connectivity index (χ1v) is 10.5. The van der Waals surface area contributed by atoms with Crippen LogP contribution in [0.1, 0.15) is 70.0 Å². The van der Waals surface area contributed by atoms with Crippen LogP contribution in [0.2, 0.25) is 0 Å². The molecule has 1 heterocycles. The highest BCUT2D eigenvalue weighted by atomic mass is 16.2. The number of urea groups is 1. The van der Waals surface area contributed by atoms with E-state index in [1.165, 1.54) is 56.4 Å². The quantitative estimate of drug-likeness (QED) is 0.845. The number of piperidine rings is 1. The first kappa shape index (κ1) is 20.2. The van der Waals surface area contributed by atoms with E-state index in [1.807, 2.05) is 0 Å². The van der Waals surface area contributed by atoms with Gasteiger partial charge in [0.15, 0.2) is 0 Å². The molecule has 2 aliphatic rings. The Morgan fingerprint density at radius 2 is 1.85 bits per heavy atom. The lowest BCUT2D eigenvalue weighted by Crippen LogP contribution is -2.47. The third-order valence-electron chi connectivity index (χ3n) is 6.51. The van der Waals surface area contributed by atoms with Crippen molar-refractivity contribution >= 4 is 6.03 Å². The number of carbonyl (C=O) groups excluding carboxylic acids is 1. The molecule has 1 aliphatic carbocycles. The number of rotatable bonds is 3. The highest BCUT2D eigenvalue weighted by molar-refractivity contribution is 5.74. The van der Waals surface area contributed by atoms with E-state index >= 15 is 0 Å². The van der Waals surface area contributed by atoms with Gasteiger partial charge in [-0.2, -0.15) is 0 Å². The van der Waals surface area contributed by atoms with Crippen molar-refractivity contribution in [3.05, 3.63) is 35.4 Å². The first-order valence-electron chi connectivity index (χ1n) is 10.5. The van der Waals surface area contributed by atoms with Crippen LogP contribution in [-0.4, -0.2) is 49.6 Å². The Labute approximate surface area is 165 Å². The fraction of sp³-hybridized carbons (Fsp3) is 0.696. The average molecular weight is 372 g/mol. The maximum atomic E-state index is 12.2. The predicted molar refractivity (Wildman–Crippen MR) is 112 cm³/mol. The van der Waals surface area contributed by atoms with Gasteiger partial charge in [0.05, 0.1) is 6.04 Å². The van der Waals surface area contributed by atoms with E-state index < -0.39 is 0 Å². The largest absolute Gasteiger partial charge is 0.331 e. The van der Waals surface area contributed by atoms with Gasteiger partial charge in [0.2, 0.25) is 0 Å². The zero-order valence-electron chi connectivity index (χ0n) is 17.8. The van der Waals surface area contributed by atoms with Gasteiger partial charge in [-0.05, 0) is 73.7 Å². The number of fused-ring (bicyclic) bond motifs is 2. The molecule has 1 aromatic carbocycles. The molecular weight excluding hydrogens is 334 g/mol. The summed E-state index contributed by atoms with van der Waals surface area (Å²) >= 11 is 0. The fourth-order valence-corrected chi connectivity index (χ4v) is 4.64. The van der Waals surface area contributed by atoms with Crippen LogP contribution in [0.3, 0.4) is 0 Å². The number of likely N-dealkylation sites (tertiary alicyclic amines) is 1. The van der Waals surface area contributed by atoms with Gasteiger partial charge in [0, 0.05) is 14.1 Å². The van der Waals surface area contributed by atoms with Crippen LogP contribution in [-0.2, 0) is 5.41 Å². The molecule has 4 heteroatoms. The molecule has 27 heavy (non-hydrogen) atoms. The molecule has 3 rings (SSSR count). The molecule has 1 unspecified atom stereocenters. The molecule has 0 saturated carbocycles. The normalized spacial score (nSPS) is 22.3. The molecule has 1 aliphatic heterocycles. The second-order valence-electron chi connectivity index (χ2n) is 9.96. The standard InChI is InChI=1S/C23H37N3O/c1-22(2,3)12-15-26-16-13-23(14-17-26)11-10-20(24-21(27)25(4)5)18-8-6-7-9-19(18)23/h6-9,20H,10-17H2,1-5H3,(H,24,27). The second-order valence-corrected chi connectivity index (χ2v) is 9.96. The van der Waals surface area contributed by atoms with Gasteiger partial charge < -0.3 is 15.1 Å². The zero-order valence-corrected chi connectivity index (χ0v) is 17.8. The SMILES string of the molecule is CN(C)C(=O)NC1CCC2(CCN(CCC(C)(C)C)CC2)c2ccccc21. The molecule has 1 N–H and O–H groups in total. The lowest BCUT2D eigenvalue weighted by Gasteiger charge is -2.47. The summed E-state index contributed by atoms with van der Waals surface area (Å²) in [6.45, 7) is 10.6. The molecule has 1 saturated heterocycles. The summed E-state index contributed by atoms with van der Waals surface area (Å²) < 4.78 is 0. The number of nitrogens with zero attached hydrogens (tertiary/aromatic N) is 2. The second kappa shape index (κ2) is 7.83. The van der Waals surface area contributed by atoms with Crippen molar-refractivity contribution in [2.75, 3.05) is 33.7 Å². The summed E-state index contributed by atoms with van der Waals surface area (Å²) in [5, 5.41) is 3.22. The molecule has 2 amide bonds. The molecule has 1 aromatic rings. The lowest BCUT2D eigenvalue weighted by molar-refractivity contribution is 0.126. The third kappa shape index (κ3) is 4.66. The van der Waals surface area contributed by atoms with Crippen LogP contribution in [0, 0.1) is 5.41 Å². The van der Waals surface area contributed by atoms with Crippen molar-refractivity contribution in [2.45, 2.75) is 64.3 Å². The Hall–Kier alpha value is -1.55. The number of amides is 2. The van der Waals surface area contributed by atoms with Gasteiger partial charge in [-0.3, -0.25) is 0 Å². The average Bonchev–Trinajstić information content (AvgIpc) is 2.63. The monoisotopic (exact) mass is 371 g/mol. The summed E-state index contributed by atoms with van der Waals surface area (Å²) in [5.74, 6) is 0. The Morgan fingerprint density at radius 3 is 2.48 bits per heavy atom. The van der Waals surface area contributed by atoms with Gasteiger partial charge >= 0.3 is 6.03 Å². The number of nitrogens with one attached hydrogen (secondary N) is 1. The summed E-state index contributed by atoms with van der Waals surface area (Å²) in [6, 6.07) is 8.97. The van der Waals surface area contributed by atoms with Crippen LogP contribution >= 0.6 is 0 Å². The Morgan fingerprint density at radius 1 is 1.19 bits per heavy atom. The summed E-state index contributed by atoms with van der Waals surface area (Å²) in [7, 11) is 3.61.